The molecule has 0 radical (unpaired) electrons. The molecular weight excluding hydrogens is 248 g/mol. The number of hydrogen-bond acceptors (Lipinski definition) is 3. The maximum atomic E-state index is 4.45. The van der Waals surface area contributed by atoms with Crippen molar-refractivity contribution in [3.63, 3.8) is 0 Å². The van der Waals surface area contributed by atoms with Gasteiger partial charge in [-0.1, -0.05) is 0 Å². The van der Waals surface area contributed by atoms with E-state index in [-0.39, 0.29) is 0 Å². The van der Waals surface area contributed by atoms with Gasteiger partial charge in [0.2, 0.25) is 0 Å². The topological polar surface area (TPSA) is 16.1 Å². The largest absolute Gasteiger partial charge is 0.345 e. The summed E-state index contributed by atoms with van der Waals surface area (Å²) in [6.45, 7) is 3.45. The highest BCUT2D eigenvalue weighted by atomic mass is 79.9. The van der Waals surface area contributed by atoms with Crippen molar-refractivity contribution >= 4 is 32.4 Å². The van der Waals surface area contributed by atoms with Crippen LogP contribution in [0.25, 0.3) is 0 Å². The summed E-state index contributed by atoms with van der Waals surface area (Å²) in [5, 5.41) is 3.22. The molecule has 1 unspecified atom stereocenters. The van der Waals surface area contributed by atoms with Crippen LogP contribution in [0.5, 0.6) is 0 Å². The number of piperidine rings is 1. The second kappa shape index (κ2) is 3.96. The number of anilines is 1. The smallest absolute Gasteiger partial charge is 0.186 e. The van der Waals surface area contributed by atoms with Gasteiger partial charge in [-0.3, -0.25) is 0 Å². The Balaban J connectivity index is 2.14. The molecule has 0 bridgehead atoms. The average Bonchev–Trinajstić information content (AvgIpc) is 2.53. The number of halogens is 1. The SMILES string of the molecule is CC1CCCCN1c1nc(Br)cs1. The normalized spacial score (nSPS) is 23.5. The highest BCUT2D eigenvalue weighted by molar-refractivity contribution is 9.10. The Kier molecular flexibility index (Phi) is 2.89. The minimum atomic E-state index is 0.659. The zero-order chi connectivity index (χ0) is 9.26. The van der Waals surface area contributed by atoms with Crippen molar-refractivity contribution < 1.29 is 0 Å². The van der Waals surface area contributed by atoms with Gasteiger partial charge in [0.05, 0.1) is 0 Å². The predicted octanol–water partition coefficient (Wildman–Crippen LogP) is 3.28. The molecule has 1 atom stereocenters. The molecule has 0 saturated carbocycles. The molecule has 1 aromatic rings. The Bertz CT molecular complexity index is 287. The zero-order valence-electron chi connectivity index (χ0n) is 7.66. The van der Waals surface area contributed by atoms with E-state index >= 15 is 0 Å². The van der Waals surface area contributed by atoms with E-state index < -0.39 is 0 Å². The molecule has 1 saturated heterocycles. The average molecular weight is 261 g/mol. The van der Waals surface area contributed by atoms with E-state index in [1.165, 1.54) is 30.9 Å². The molecule has 2 heterocycles. The summed E-state index contributed by atoms with van der Waals surface area (Å²) in [6.07, 6.45) is 3.98. The van der Waals surface area contributed by atoms with E-state index in [0.717, 1.165) is 4.60 Å². The number of nitrogens with zero attached hydrogens (tertiary/aromatic N) is 2. The van der Waals surface area contributed by atoms with Crippen molar-refractivity contribution in [2.75, 3.05) is 11.4 Å². The van der Waals surface area contributed by atoms with Gasteiger partial charge < -0.3 is 4.90 Å². The molecule has 4 heteroatoms. The minimum Gasteiger partial charge on any atom is -0.345 e. The molecular formula is C9H13BrN2S. The zero-order valence-corrected chi connectivity index (χ0v) is 10.1. The first kappa shape index (κ1) is 9.46. The second-order valence-electron chi connectivity index (χ2n) is 3.49. The van der Waals surface area contributed by atoms with E-state index in [4.69, 9.17) is 0 Å². The lowest BCUT2D eigenvalue weighted by atomic mass is 10.1. The monoisotopic (exact) mass is 260 g/mol. The van der Waals surface area contributed by atoms with Gasteiger partial charge in [0, 0.05) is 18.0 Å². The summed E-state index contributed by atoms with van der Waals surface area (Å²) in [4.78, 5) is 6.86. The Morgan fingerprint density at radius 2 is 2.46 bits per heavy atom. The van der Waals surface area contributed by atoms with Gasteiger partial charge in [-0.05, 0) is 42.1 Å². The van der Waals surface area contributed by atoms with Crippen LogP contribution in [0, 0.1) is 0 Å². The molecule has 1 fully saturated rings. The van der Waals surface area contributed by atoms with Gasteiger partial charge >= 0.3 is 0 Å². The van der Waals surface area contributed by atoms with E-state index in [9.17, 15) is 0 Å². The number of rotatable bonds is 1. The first-order valence-electron chi connectivity index (χ1n) is 4.65. The highest BCUT2D eigenvalue weighted by Crippen LogP contribution is 2.29. The van der Waals surface area contributed by atoms with E-state index in [1.54, 1.807) is 11.3 Å². The van der Waals surface area contributed by atoms with Crippen molar-refractivity contribution in [2.45, 2.75) is 32.2 Å². The second-order valence-corrected chi connectivity index (χ2v) is 5.14. The first-order chi connectivity index (χ1) is 6.27. The Morgan fingerprint density at radius 3 is 3.08 bits per heavy atom. The van der Waals surface area contributed by atoms with Crippen LogP contribution in [-0.4, -0.2) is 17.6 Å². The third-order valence-corrected chi connectivity index (χ3v) is 4.10. The van der Waals surface area contributed by atoms with Gasteiger partial charge in [0.25, 0.3) is 0 Å². The van der Waals surface area contributed by atoms with Gasteiger partial charge in [-0.25, -0.2) is 4.98 Å². The summed E-state index contributed by atoms with van der Waals surface area (Å²) in [6, 6.07) is 0.659. The first-order valence-corrected chi connectivity index (χ1v) is 6.32. The van der Waals surface area contributed by atoms with Gasteiger partial charge in [0.15, 0.2) is 5.13 Å². The van der Waals surface area contributed by atoms with Crippen LogP contribution >= 0.6 is 27.3 Å². The van der Waals surface area contributed by atoms with E-state index in [2.05, 4.69) is 38.1 Å². The van der Waals surface area contributed by atoms with Crippen LogP contribution in [0.3, 0.4) is 0 Å². The van der Waals surface area contributed by atoms with Crippen LogP contribution in [-0.2, 0) is 0 Å². The van der Waals surface area contributed by atoms with E-state index in [1.807, 2.05) is 0 Å². The third kappa shape index (κ3) is 2.05. The van der Waals surface area contributed by atoms with Crippen LogP contribution in [0.15, 0.2) is 9.98 Å². The maximum absolute atomic E-state index is 4.45. The van der Waals surface area contributed by atoms with Crippen LogP contribution < -0.4 is 4.90 Å². The summed E-state index contributed by atoms with van der Waals surface area (Å²) in [5.41, 5.74) is 0. The van der Waals surface area contributed by atoms with Crippen molar-refractivity contribution in [1.29, 1.82) is 0 Å². The fourth-order valence-electron chi connectivity index (χ4n) is 1.76. The molecule has 2 nitrogen and oxygen atoms in total. The third-order valence-electron chi connectivity index (χ3n) is 2.51. The van der Waals surface area contributed by atoms with Gasteiger partial charge in [0.1, 0.15) is 4.60 Å². The standard InChI is InChI=1S/C9H13BrN2S/c1-7-4-2-3-5-12(7)9-11-8(10)6-13-9/h6-7H,2-5H2,1H3. The lowest BCUT2D eigenvalue weighted by Crippen LogP contribution is -2.37. The molecule has 0 N–H and O–H groups in total. The lowest BCUT2D eigenvalue weighted by Gasteiger charge is -2.32. The van der Waals surface area contributed by atoms with Crippen molar-refractivity contribution in [2.24, 2.45) is 0 Å². The molecule has 0 amide bonds. The number of hydrogen-bond donors (Lipinski definition) is 0. The summed E-state index contributed by atoms with van der Waals surface area (Å²) >= 11 is 5.12. The van der Waals surface area contributed by atoms with E-state index in [0.29, 0.717) is 6.04 Å². The molecule has 0 aromatic carbocycles. The molecule has 13 heavy (non-hydrogen) atoms. The van der Waals surface area contributed by atoms with Gasteiger partial charge in [-0.2, -0.15) is 0 Å². The Morgan fingerprint density at radius 1 is 1.62 bits per heavy atom. The summed E-state index contributed by atoms with van der Waals surface area (Å²) in [5.74, 6) is 0. The molecule has 0 spiro atoms. The molecule has 1 aromatic heterocycles. The van der Waals surface area contributed by atoms with Crippen molar-refractivity contribution in [3.8, 4) is 0 Å². The molecule has 1 aliphatic heterocycles. The quantitative estimate of drug-likeness (QED) is 0.771. The minimum absolute atomic E-state index is 0.659. The van der Waals surface area contributed by atoms with Crippen LogP contribution in [0.4, 0.5) is 5.13 Å². The molecule has 72 valence electrons. The number of thiazole rings is 1. The molecule has 1 aliphatic rings. The predicted molar refractivity (Wildman–Crippen MR) is 60.5 cm³/mol. The van der Waals surface area contributed by atoms with Crippen molar-refractivity contribution in [3.05, 3.63) is 9.98 Å². The van der Waals surface area contributed by atoms with Crippen LogP contribution in [0.2, 0.25) is 0 Å². The molecule has 0 aliphatic carbocycles. The Labute approximate surface area is 91.1 Å². The summed E-state index contributed by atoms with van der Waals surface area (Å²) < 4.78 is 0.963. The highest BCUT2D eigenvalue weighted by Gasteiger charge is 2.20. The fraction of sp³-hybridized carbons (Fsp3) is 0.667. The fourth-order valence-corrected chi connectivity index (χ4v) is 3.14. The summed E-state index contributed by atoms with van der Waals surface area (Å²) in [7, 11) is 0. The lowest BCUT2D eigenvalue weighted by molar-refractivity contribution is 0.484. The molecule has 2 rings (SSSR count). The van der Waals surface area contributed by atoms with Crippen LogP contribution in [0.1, 0.15) is 26.2 Å². The maximum Gasteiger partial charge on any atom is 0.186 e. The number of aromatic nitrogens is 1. The van der Waals surface area contributed by atoms with Gasteiger partial charge in [-0.15, -0.1) is 11.3 Å². The van der Waals surface area contributed by atoms with Crippen molar-refractivity contribution in [1.82, 2.24) is 4.98 Å². The Hall–Kier alpha value is -0.0900.